The van der Waals surface area contributed by atoms with Crippen molar-refractivity contribution < 1.29 is 28.5 Å². The maximum Gasteiger partial charge on any atom is 0.408 e. The molecule has 84 valence electrons. The molecule has 0 saturated carbocycles. The lowest BCUT2D eigenvalue weighted by Crippen LogP contribution is -2.42. The van der Waals surface area contributed by atoms with Gasteiger partial charge < -0.3 is 14.6 Å². The van der Waals surface area contributed by atoms with Crippen molar-refractivity contribution in [1.82, 2.24) is 10.8 Å². The monoisotopic (exact) mass is 236 g/mol. The molecule has 2 unspecified atom stereocenters. The molecule has 9 heteroatoms. The van der Waals surface area contributed by atoms with E-state index in [-0.39, 0.29) is 6.61 Å². The lowest BCUT2D eigenvalue weighted by molar-refractivity contribution is -0.136. The molecular weight excluding hydrogens is 227 g/mol. The summed E-state index contributed by atoms with van der Waals surface area (Å²) in [5.74, 6) is -1.19. The average Bonchev–Trinajstić information content (AvgIpc) is 2.61. The number of hydrogen-bond donors (Lipinski definition) is 2. The molecule has 0 aromatic carbocycles. The Kier molecular flexibility index (Phi) is 4.26. The highest BCUT2D eigenvalue weighted by atomic mass is 31.0. The molecule has 1 saturated heterocycles. The van der Waals surface area contributed by atoms with Gasteiger partial charge in [-0.25, -0.2) is 15.1 Å². The Morgan fingerprint density at radius 3 is 2.93 bits per heavy atom. The maximum atomic E-state index is 11.0. The second-order valence-corrected chi connectivity index (χ2v) is 2.78. The first-order valence-electron chi connectivity index (χ1n) is 3.88. The third kappa shape index (κ3) is 3.69. The lowest BCUT2D eigenvalue weighted by atomic mass is 10.3. The number of hydroxylamine groups is 1. The number of rotatable bonds is 3. The minimum atomic E-state index is -0.893. The van der Waals surface area contributed by atoms with Crippen LogP contribution in [0, 0.1) is 0 Å². The minimum Gasteiger partial charge on any atom is -0.449 e. The van der Waals surface area contributed by atoms with Crippen LogP contribution in [-0.2, 0) is 23.7 Å². The SMILES string of the molecule is O=C(COC(=O)NC1CONC1=O)OP. The van der Waals surface area contributed by atoms with E-state index in [0.29, 0.717) is 0 Å². The van der Waals surface area contributed by atoms with E-state index in [1.165, 1.54) is 0 Å². The number of amides is 2. The van der Waals surface area contributed by atoms with Crippen molar-refractivity contribution in [2.24, 2.45) is 0 Å². The third-order valence-corrected chi connectivity index (χ3v) is 1.75. The zero-order valence-electron chi connectivity index (χ0n) is 7.52. The van der Waals surface area contributed by atoms with Gasteiger partial charge in [0, 0.05) is 0 Å². The summed E-state index contributed by atoms with van der Waals surface area (Å²) in [4.78, 5) is 37.0. The molecule has 2 N–H and O–H groups in total. The van der Waals surface area contributed by atoms with Crippen molar-refractivity contribution in [3.05, 3.63) is 0 Å². The number of nitrogens with one attached hydrogen (secondary N) is 2. The highest BCUT2D eigenvalue weighted by Crippen LogP contribution is 1.95. The predicted octanol–water partition coefficient (Wildman–Crippen LogP) is -1.52. The Hall–Kier alpha value is -1.40. The van der Waals surface area contributed by atoms with E-state index in [4.69, 9.17) is 0 Å². The molecule has 8 nitrogen and oxygen atoms in total. The molecule has 15 heavy (non-hydrogen) atoms. The van der Waals surface area contributed by atoms with E-state index in [0.717, 1.165) is 0 Å². The fourth-order valence-electron chi connectivity index (χ4n) is 0.793. The Balaban J connectivity index is 2.23. The van der Waals surface area contributed by atoms with Crippen LogP contribution < -0.4 is 10.8 Å². The first-order chi connectivity index (χ1) is 7.13. The van der Waals surface area contributed by atoms with Crippen LogP contribution in [0.4, 0.5) is 4.79 Å². The van der Waals surface area contributed by atoms with Gasteiger partial charge in [-0.1, -0.05) is 0 Å². The number of alkyl carbamates (subject to hydrolysis) is 1. The van der Waals surface area contributed by atoms with Crippen molar-refractivity contribution in [2.75, 3.05) is 13.2 Å². The largest absolute Gasteiger partial charge is 0.449 e. The summed E-state index contributed by atoms with van der Waals surface area (Å²) >= 11 is 0. The van der Waals surface area contributed by atoms with E-state index in [1.807, 2.05) is 5.48 Å². The maximum absolute atomic E-state index is 11.0. The van der Waals surface area contributed by atoms with Gasteiger partial charge in [0.25, 0.3) is 5.91 Å². The van der Waals surface area contributed by atoms with Crippen LogP contribution in [0.5, 0.6) is 0 Å². The molecule has 2 amide bonds. The number of hydrogen-bond acceptors (Lipinski definition) is 6. The van der Waals surface area contributed by atoms with Crippen LogP contribution in [0.15, 0.2) is 0 Å². The predicted molar refractivity (Wildman–Crippen MR) is 48.2 cm³/mol. The van der Waals surface area contributed by atoms with Gasteiger partial charge in [-0.15, -0.1) is 0 Å². The van der Waals surface area contributed by atoms with Crippen molar-refractivity contribution in [3.8, 4) is 0 Å². The summed E-state index contributed by atoms with van der Waals surface area (Å²) in [6.07, 6.45) is -0.893. The standard InChI is InChI=1S/C6H9N2O6P/c9-4(14-15)2-12-6(11)7-3-1-13-8-5(3)10/h3H,1-2,15H2,(H,7,11)(H,8,10). The molecule has 1 aliphatic rings. The van der Waals surface area contributed by atoms with Crippen LogP contribution in [0.3, 0.4) is 0 Å². The van der Waals surface area contributed by atoms with Gasteiger partial charge >= 0.3 is 12.1 Å². The normalized spacial score (nSPS) is 19.3. The van der Waals surface area contributed by atoms with Crippen molar-refractivity contribution >= 4 is 27.4 Å². The summed E-state index contributed by atoms with van der Waals surface area (Å²) in [6.45, 7) is -0.507. The second-order valence-electron chi connectivity index (χ2n) is 2.54. The minimum absolute atomic E-state index is 0.0159. The molecule has 0 bridgehead atoms. The number of carbonyl (C=O) groups excluding carboxylic acids is 3. The fourth-order valence-corrected chi connectivity index (χ4v) is 0.861. The zero-order chi connectivity index (χ0) is 11.3. The Morgan fingerprint density at radius 2 is 2.40 bits per heavy atom. The van der Waals surface area contributed by atoms with E-state index in [2.05, 4.69) is 19.4 Å². The van der Waals surface area contributed by atoms with E-state index in [1.54, 1.807) is 9.47 Å². The van der Waals surface area contributed by atoms with Gasteiger partial charge in [-0.3, -0.25) is 9.63 Å². The van der Waals surface area contributed by atoms with Crippen LogP contribution in [0.1, 0.15) is 0 Å². The van der Waals surface area contributed by atoms with Crippen LogP contribution in [-0.4, -0.2) is 37.2 Å². The van der Waals surface area contributed by atoms with Gasteiger partial charge in [0.15, 0.2) is 6.61 Å². The molecule has 2 atom stereocenters. The third-order valence-electron chi connectivity index (χ3n) is 1.48. The first kappa shape index (κ1) is 11.7. The highest BCUT2D eigenvalue weighted by Gasteiger charge is 2.27. The molecule has 0 aliphatic carbocycles. The second kappa shape index (κ2) is 5.47. The summed E-state index contributed by atoms with van der Waals surface area (Å²) in [5, 5.41) is 2.20. The van der Waals surface area contributed by atoms with E-state index < -0.39 is 30.6 Å². The van der Waals surface area contributed by atoms with Crippen LogP contribution >= 0.6 is 9.47 Å². The average molecular weight is 236 g/mol. The molecule has 0 radical (unpaired) electrons. The molecule has 1 aliphatic heterocycles. The topological polar surface area (TPSA) is 103 Å². The van der Waals surface area contributed by atoms with E-state index >= 15 is 0 Å². The van der Waals surface area contributed by atoms with Crippen molar-refractivity contribution in [2.45, 2.75) is 6.04 Å². The van der Waals surface area contributed by atoms with Crippen molar-refractivity contribution in [3.63, 3.8) is 0 Å². The quantitative estimate of drug-likeness (QED) is 0.576. The molecule has 1 heterocycles. The Bertz CT molecular complexity index is 283. The summed E-state index contributed by atoms with van der Waals surface area (Å²) in [7, 11) is 1.72. The van der Waals surface area contributed by atoms with Crippen molar-refractivity contribution in [1.29, 1.82) is 0 Å². The molecule has 1 rings (SSSR count). The van der Waals surface area contributed by atoms with Gasteiger partial charge in [0.2, 0.25) is 0 Å². The van der Waals surface area contributed by atoms with Crippen LogP contribution in [0.2, 0.25) is 0 Å². The molecule has 0 spiro atoms. The van der Waals surface area contributed by atoms with Gasteiger partial charge in [-0.05, 0) is 0 Å². The molecule has 0 aromatic rings. The summed E-state index contributed by atoms with van der Waals surface area (Å²) in [6, 6.07) is -0.801. The van der Waals surface area contributed by atoms with Gasteiger partial charge in [0.05, 0.1) is 9.47 Å². The molecule has 0 aromatic heterocycles. The Labute approximate surface area is 86.9 Å². The van der Waals surface area contributed by atoms with Gasteiger partial charge in [0.1, 0.15) is 12.6 Å². The highest BCUT2D eigenvalue weighted by molar-refractivity contribution is 7.10. The fraction of sp³-hybridized carbons (Fsp3) is 0.500. The van der Waals surface area contributed by atoms with E-state index in [9.17, 15) is 14.4 Å². The Morgan fingerprint density at radius 1 is 1.67 bits per heavy atom. The summed E-state index contributed by atoms with van der Waals surface area (Å²) < 4.78 is 8.59. The molecule has 1 fully saturated rings. The first-order valence-corrected chi connectivity index (χ1v) is 4.35. The van der Waals surface area contributed by atoms with Gasteiger partial charge in [-0.2, -0.15) is 0 Å². The molecular formula is C6H9N2O6P. The number of carbonyl (C=O) groups is 3. The van der Waals surface area contributed by atoms with Crippen LogP contribution in [0.25, 0.3) is 0 Å². The lowest BCUT2D eigenvalue weighted by Gasteiger charge is -2.08. The smallest absolute Gasteiger partial charge is 0.408 e. The summed E-state index contributed by atoms with van der Waals surface area (Å²) in [5.41, 5.74) is 2.05. The number of ether oxygens (including phenoxy) is 1. The zero-order valence-corrected chi connectivity index (χ0v) is 8.67.